The minimum Gasteiger partial charge on any atom is -0.296 e. The highest BCUT2D eigenvalue weighted by Gasteiger charge is 2.06. The number of aromatic nitrogens is 3. The normalized spacial score (nSPS) is 10.3. The zero-order valence-electron chi connectivity index (χ0n) is 7.39. The molecule has 0 saturated carbocycles. The number of aldehydes is 1. The minimum atomic E-state index is 0.242. The van der Waals surface area contributed by atoms with Crippen LogP contribution in [0.15, 0.2) is 24.4 Å². The molecule has 2 aromatic rings. The van der Waals surface area contributed by atoms with Crippen molar-refractivity contribution in [1.29, 1.82) is 0 Å². The van der Waals surface area contributed by atoms with Crippen LogP contribution in [0, 0.1) is 0 Å². The van der Waals surface area contributed by atoms with Crippen molar-refractivity contribution in [2.45, 2.75) is 0 Å². The molecule has 4 nitrogen and oxygen atoms in total. The fourth-order valence-corrected chi connectivity index (χ4v) is 1.48. The molecule has 15 heavy (non-hydrogen) atoms. The van der Waals surface area contributed by atoms with E-state index >= 15 is 0 Å². The lowest BCUT2D eigenvalue weighted by atomic mass is 10.3. The zero-order chi connectivity index (χ0) is 10.8. The highest BCUT2D eigenvalue weighted by molar-refractivity contribution is 6.34. The molecule has 0 N–H and O–H groups in total. The maximum absolute atomic E-state index is 10.4. The molecule has 0 aliphatic heterocycles. The fraction of sp³-hybridized carbons (Fsp3) is 0. The van der Waals surface area contributed by atoms with E-state index in [0.29, 0.717) is 22.0 Å². The van der Waals surface area contributed by atoms with Gasteiger partial charge in [-0.3, -0.25) is 4.79 Å². The summed E-state index contributed by atoms with van der Waals surface area (Å²) >= 11 is 11.8. The second-order valence-electron chi connectivity index (χ2n) is 2.80. The molecule has 0 aliphatic rings. The van der Waals surface area contributed by atoms with Crippen LogP contribution in [0.5, 0.6) is 0 Å². The van der Waals surface area contributed by atoms with Gasteiger partial charge in [0.05, 0.1) is 16.9 Å². The SMILES string of the molecule is O=Cc1cn(-c2cc(Cl)ccc2Cl)nn1. The highest BCUT2D eigenvalue weighted by Crippen LogP contribution is 2.23. The standard InChI is InChI=1S/C9H5Cl2N3O/c10-6-1-2-8(11)9(3-6)14-4-7(5-15)12-13-14/h1-5H. The molecular formula is C9H5Cl2N3O. The molecule has 2 rings (SSSR count). The van der Waals surface area contributed by atoms with Crippen LogP contribution in [-0.2, 0) is 0 Å². The van der Waals surface area contributed by atoms with Gasteiger partial charge in [0, 0.05) is 5.02 Å². The van der Waals surface area contributed by atoms with Gasteiger partial charge in [-0.2, -0.15) is 0 Å². The summed E-state index contributed by atoms with van der Waals surface area (Å²) < 4.78 is 1.40. The summed E-state index contributed by atoms with van der Waals surface area (Å²) in [5.74, 6) is 0. The molecule has 1 aromatic carbocycles. The number of nitrogens with zero attached hydrogens (tertiary/aromatic N) is 3. The van der Waals surface area contributed by atoms with E-state index in [-0.39, 0.29) is 5.69 Å². The summed E-state index contributed by atoms with van der Waals surface area (Å²) in [5, 5.41) is 8.40. The number of hydrogen-bond donors (Lipinski definition) is 0. The Kier molecular flexibility index (Phi) is 2.70. The van der Waals surface area contributed by atoms with Gasteiger partial charge in [-0.1, -0.05) is 28.4 Å². The molecule has 0 amide bonds. The van der Waals surface area contributed by atoms with Crippen molar-refractivity contribution in [2.75, 3.05) is 0 Å². The largest absolute Gasteiger partial charge is 0.296 e. The number of rotatable bonds is 2. The molecule has 0 atom stereocenters. The predicted octanol–water partition coefficient (Wildman–Crippen LogP) is 2.39. The Hall–Kier alpha value is -1.39. The van der Waals surface area contributed by atoms with Crippen LogP contribution in [0.4, 0.5) is 0 Å². The van der Waals surface area contributed by atoms with Crippen LogP contribution in [0.3, 0.4) is 0 Å². The van der Waals surface area contributed by atoms with Crippen molar-refractivity contribution >= 4 is 29.5 Å². The lowest BCUT2D eigenvalue weighted by Crippen LogP contribution is -1.95. The third-order valence-corrected chi connectivity index (χ3v) is 2.34. The Morgan fingerprint density at radius 1 is 1.33 bits per heavy atom. The average molecular weight is 242 g/mol. The Balaban J connectivity index is 2.52. The summed E-state index contributed by atoms with van der Waals surface area (Å²) in [4.78, 5) is 10.4. The second-order valence-corrected chi connectivity index (χ2v) is 3.65. The number of halogens is 2. The fourth-order valence-electron chi connectivity index (χ4n) is 1.11. The number of benzene rings is 1. The van der Waals surface area contributed by atoms with E-state index in [2.05, 4.69) is 10.3 Å². The van der Waals surface area contributed by atoms with Crippen LogP contribution in [0.1, 0.15) is 10.5 Å². The Morgan fingerprint density at radius 3 is 2.80 bits per heavy atom. The van der Waals surface area contributed by atoms with Gasteiger partial charge in [-0.05, 0) is 18.2 Å². The molecule has 76 valence electrons. The number of carbonyl (C=O) groups is 1. The van der Waals surface area contributed by atoms with E-state index in [9.17, 15) is 4.79 Å². The quantitative estimate of drug-likeness (QED) is 0.759. The Morgan fingerprint density at radius 2 is 2.13 bits per heavy atom. The predicted molar refractivity (Wildman–Crippen MR) is 56.8 cm³/mol. The summed E-state index contributed by atoms with van der Waals surface area (Å²) in [7, 11) is 0. The number of carbonyl (C=O) groups excluding carboxylic acids is 1. The monoisotopic (exact) mass is 241 g/mol. The Bertz CT molecular complexity index is 510. The van der Waals surface area contributed by atoms with E-state index in [1.54, 1.807) is 18.2 Å². The summed E-state index contributed by atoms with van der Waals surface area (Å²) in [6.45, 7) is 0. The van der Waals surface area contributed by atoms with Crippen LogP contribution >= 0.6 is 23.2 Å². The first-order valence-electron chi connectivity index (χ1n) is 4.03. The first-order valence-corrected chi connectivity index (χ1v) is 4.79. The summed E-state index contributed by atoms with van der Waals surface area (Å²) in [5.41, 5.74) is 0.829. The van der Waals surface area contributed by atoms with Crippen LogP contribution in [-0.4, -0.2) is 21.3 Å². The third-order valence-electron chi connectivity index (χ3n) is 1.79. The Labute approximate surface area is 95.4 Å². The van der Waals surface area contributed by atoms with Gasteiger partial charge in [0.25, 0.3) is 0 Å². The second kappa shape index (κ2) is 4.00. The van der Waals surface area contributed by atoms with Crippen molar-refractivity contribution in [3.05, 3.63) is 40.1 Å². The smallest absolute Gasteiger partial charge is 0.171 e. The molecule has 0 unspecified atom stereocenters. The molecule has 0 radical (unpaired) electrons. The summed E-state index contributed by atoms with van der Waals surface area (Å²) in [6, 6.07) is 4.97. The molecule has 0 spiro atoms. The topological polar surface area (TPSA) is 47.8 Å². The van der Waals surface area contributed by atoms with Crippen LogP contribution in [0.25, 0.3) is 5.69 Å². The highest BCUT2D eigenvalue weighted by atomic mass is 35.5. The molecule has 1 aromatic heterocycles. The van der Waals surface area contributed by atoms with Crippen LogP contribution < -0.4 is 0 Å². The average Bonchev–Trinajstić information content (AvgIpc) is 2.70. The van der Waals surface area contributed by atoms with Gasteiger partial charge in [-0.15, -0.1) is 5.10 Å². The maximum Gasteiger partial charge on any atom is 0.171 e. The lowest BCUT2D eigenvalue weighted by molar-refractivity contribution is 0.111. The van der Waals surface area contributed by atoms with Crippen molar-refractivity contribution in [2.24, 2.45) is 0 Å². The van der Waals surface area contributed by atoms with E-state index in [4.69, 9.17) is 23.2 Å². The van der Waals surface area contributed by atoms with Gasteiger partial charge in [-0.25, -0.2) is 4.68 Å². The van der Waals surface area contributed by atoms with E-state index in [1.165, 1.54) is 10.9 Å². The van der Waals surface area contributed by atoms with Crippen molar-refractivity contribution in [3.8, 4) is 5.69 Å². The van der Waals surface area contributed by atoms with Crippen LogP contribution in [0.2, 0.25) is 10.0 Å². The van der Waals surface area contributed by atoms with Crippen molar-refractivity contribution in [1.82, 2.24) is 15.0 Å². The molecule has 6 heteroatoms. The van der Waals surface area contributed by atoms with Gasteiger partial charge in [0.2, 0.25) is 0 Å². The minimum absolute atomic E-state index is 0.242. The van der Waals surface area contributed by atoms with Gasteiger partial charge < -0.3 is 0 Å². The molecule has 0 bridgehead atoms. The number of hydrogen-bond acceptors (Lipinski definition) is 3. The van der Waals surface area contributed by atoms with Crippen molar-refractivity contribution in [3.63, 3.8) is 0 Å². The molecular weight excluding hydrogens is 237 g/mol. The third kappa shape index (κ3) is 2.00. The molecule has 1 heterocycles. The first-order chi connectivity index (χ1) is 7.20. The molecule has 0 saturated heterocycles. The van der Waals surface area contributed by atoms with Gasteiger partial charge in [0.1, 0.15) is 5.69 Å². The van der Waals surface area contributed by atoms with E-state index in [0.717, 1.165) is 0 Å². The maximum atomic E-state index is 10.4. The first kappa shape index (κ1) is 10.1. The molecule has 0 fully saturated rings. The lowest BCUT2D eigenvalue weighted by Gasteiger charge is -2.02. The van der Waals surface area contributed by atoms with E-state index < -0.39 is 0 Å². The van der Waals surface area contributed by atoms with Gasteiger partial charge >= 0.3 is 0 Å². The van der Waals surface area contributed by atoms with Gasteiger partial charge in [0.15, 0.2) is 6.29 Å². The van der Waals surface area contributed by atoms with Crippen molar-refractivity contribution < 1.29 is 4.79 Å². The zero-order valence-corrected chi connectivity index (χ0v) is 8.90. The summed E-state index contributed by atoms with van der Waals surface area (Å²) in [6.07, 6.45) is 2.09. The molecule has 0 aliphatic carbocycles. The van der Waals surface area contributed by atoms with E-state index in [1.807, 2.05) is 0 Å².